The Balaban J connectivity index is 1.62. The number of carboxylic acids is 2. The number of aromatic nitrogens is 1. The number of alkyl halides is 3. The van der Waals surface area contributed by atoms with Gasteiger partial charge < -0.3 is 24.3 Å². The number of fused-ring (bicyclic) bond motifs is 1. The van der Waals surface area contributed by atoms with Gasteiger partial charge in [-0.15, -0.1) is 0 Å². The van der Waals surface area contributed by atoms with Gasteiger partial charge in [0.25, 0.3) is 0 Å². The van der Waals surface area contributed by atoms with Crippen LogP contribution in [0.5, 0.6) is 23.0 Å². The molecule has 0 bridgehead atoms. The number of aliphatic carboxylic acids is 2. The molecule has 0 spiro atoms. The Labute approximate surface area is 196 Å². The van der Waals surface area contributed by atoms with E-state index < -0.39 is 29.4 Å². The highest BCUT2D eigenvalue weighted by molar-refractivity contribution is 5.83. The fraction of sp³-hybridized carbons (Fsp3) is 0.120. The van der Waals surface area contributed by atoms with Crippen molar-refractivity contribution in [2.45, 2.75) is 19.1 Å². The second kappa shape index (κ2) is 9.41. The number of hydrogen-bond donors (Lipinski definition) is 2. The van der Waals surface area contributed by atoms with E-state index in [-0.39, 0.29) is 30.2 Å². The van der Waals surface area contributed by atoms with Crippen molar-refractivity contribution < 1.29 is 42.4 Å². The van der Waals surface area contributed by atoms with Gasteiger partial charge in [0.2, 0.25) is 0 Å². The van der Waals surface area contributed by atoms with Gasteiger partial charge in [-0.25, -0.2) is 0 Å². The van der Waals surface area contributed by atoms with Gasteiger partial charge in [-0.3, -0.25) is 9.59 Å². The molecule has 0 amide bonds. The third-order valence-electron chi connectivity index (χ3n) is 5.02. The minimum absolute atomic E-state index is 0.0626. The number of halogens is 3. The summed E-state index contributed by atoms with van der Waals surface area (Å²) >= 11 is 0. The van der Waals surface area contributed by atoms with Gasteiger partial charge in [0.15, 0.2) is 0 Å². The molecule has 2 N–H and O–H groups in total. The second-order valence-corrected chi connectivity index (χ2v) is 7.64. The maximum Gasteiger partial charge on any atom is 0.420 e. The number of carbonyl (C=O) groups is 2. The molecule has 10 heteroatoms. The lowest BCUT2D eigenvalue weighted by Crippen LogP contribution is -2.08. The fourth-order valence-corrected chi connectivity index (χ4v) is 3.55. The number of benzene rings is 3. The van der Waals surface area contributed by atoms with Crippen molar-refractivity contribution >= 4 is 22.8 Å². The van der Waals surface area contributed by atoms with Crippen LogP contribution in [0.1, 0.15) is 11.1 Å². The third-order valence-corrected chi connectivity index (χ3v) is 5.02. The Morgan fingerprint density at radius 3 is 2.26 bits per heavy atom. The second-order valence-electron chi connectivity index (χ2n) is 7.64. The molecule has 0 saturated heterocycles. The average molecular weight is 485 g/mol. The molecule has 0 fully saturated rings. The van der Waals surface area contributed by atoms with Crippen LogP contribution in [0.3, 0.4) is 0 Å². The standard InChI is InChI=1S/C25H18F3NO6/c26-25(27,28)20-12-18(6-7-22(20)35-17-3-1-2-15(10-17)11-23(30)31)34-19-5-4-16-8-9-29(14-24(32)33)21(16)13-19/h1-10,12-13H,11,14H2,(H,30,31)(H,32,33). The van der Waals surface area contributed by atoms with E-state index in [1.165, 1.54) is 34.9 Å². The lowest BCUT2D eigenvalue weighted by Gasteiger charge is -2.16. The first kappa shape index (κ1) is 23.7. The van der Waals surface area contributed by atoms with Crippen LogP contribution >= 0.6 is 0 Å². The quantitative estimate of drug-likeness (QED) is 0.320. The van der Waals surface area contributed by atoms with E-state index >= 15 is 0 Å². The maximum absolute atomic E-state index is 13.8. The lowest BCUT2D eigenvalue weighted by atomic mass is 10.1. The van der Waals surface area contributed by atoms with E-state index in [4.69, 9.17) is 19.7 Å². The zero-order valence-electron chi connectivity index (χ0n) is 18.0. The first-order valence-electron chi connectivity index (χ1n) is 10.3. The third kappa shape index (κ3) is 5.72. The molecule has 0 atom stereocenters. The molecule has 0 aliphatic heterocycles. The predicted molar refractivity (Wildman–Crippen MR) is 119 cm³/mol. The van der Waals surface area contributed by atoms with Crippen molar-refractivity contribution in [2.75, 3.05) is 0 Å². The Kier molecular flexibility index (Phi) is 6.37. The molecule has 0 radical (unpaired) electrons. The van der Waals surface area contributed by atoms with Gasteiger partial charge in [0.05, 0.1) is 11.9 Å². The molecule has 4 rings (SSSR count). The molecule has 7 nitrogen and oxygen atoms in total. The Morgan fingerprint density at radius 2 is 1.54 bits per heavy atom. The molecular formula is C25H18F3NO6. The van der Waals surface area contributed by atoms with Gasteiger partial charge >= 0.3 is 18.1 Å². The SMILES string of the molecule is O=C(O)Cc1cccc(Oc2ccc(Oc3ccc4ccn(CC(=O)O)c4c3)cc2C(F)(F)F)c1. The molecule has 1 aromatic heterocycles. The topological polar surface area (TPSA) is 98.0 Å². The van der Waals surface area contributed by atoms with E-state index in [0.29, 0.717) is 11.1 Å². The van der Waals surface area contributed by atoms with Gasteiger partial charge in [-0.05, 0) is 59.5 Å². The summed E-state index contributed by atoms with van der Waals surface area (Å²) in [4.78, 5) is 22.0. The first-order chi connectivity index (χ1) is 16.6. The van der Waals surface area contributed by atoms with Crippen LogP contribution in [0.4, 0.5) is 13.2 Å². The van der Waals surface area contributed by atoms with Crippen molar-refractivity contribution in [3.63, 3.8) is 0 Å². The summed E-state index contributed by atoms with van der Waals surface area (Å²) in [5.41, 5.74) is -0.136. The van der Waals surface area contributed by atoms with Gasteiger partial charge in [0.1, 0.15) is 35.1 Å². The molecule has 0 unspecified atom stereocenters. The molecule has 4 aromatic rings. The van der Waals surface area contributed by atoms with Crippen molar-refractivity contribution in [2.24, 2.45) is 0 Å². The van der Waals surface area contributed by atoms with E-state index in [9.17, 15) is 22.8 Å². The monoisotopic (exact) mass is 485 g/mol. The van der Waals surface area contributed by atoms with Crippen LogP contribution in [-0.2, 0) is 28.7 Å². The fourth-order valence-electron chi connectivity index (χ4n) is 3.55. The summed E-state index contributed by atoms with van der Waals surface area (Å²) in [5.74, 6) is -2.39. The smallest absolute Gasteiger partial charge is 0.420 e. The number of nitrogens with zero attached hydrogens (tertiary/aromatic N) is 1. The molecule has 1 heterocycles. The van der Waals surface area contributed by atoms with Crippen LogP contribution in [0.2, 0.25) is 0 Å². The highest BCUT2D eigenvalue weighted by atomic mass is 19.4. The summed E-state index contributed by atoms with van der Waals surface area (Å²) in [7, 11) is 0. The highest BCUT2D eigenvalue weighted by Crippen LogP contribution is 2.41. The van der Waals surface area contributed by atoms with Crippen molar-refractivity contribution in [1.29, 1.82) is 0 Å². The molecule has 180 valence electrons. The molecule has 0 aliphatic carbocycles. The first-order valence-corrected chi connectivity index (χ1v) is 10.3. The predicted octanol–water partition coefficient (Wildman–Crippen LogP) is 5.96. The van der Waals surface area contributed by atoms with Crippen molar-refractivity contribution in [3.05, 3.63) is 84.1 Å². The van der Waals surface area contributed by atoms with Crippen LogP contribution in [0, 0.1) is 0 Å². The summed E-state index contributed by atoms with van der Waals surface area (Å²) in [6.07, 6.45) is -3.45. The average Bonchev–Trinajstić information content (AvgIpc) is 3.15. The minimum Gasteiger partial charge on any atom is -0.481 e. The summed E-state index contributed by atoms with van der Waals surface area (Å²) in [6, 6.07) is 15.6. The van der Waals surface area contributed by atoms with Crippen LogP contribution in [-0.4, -0.2) is 26.7 Å². The Bertz CT molecular complexity index is 1410. The van der Waals surface area contributed by atoms with E-state index in [2.05, 4.69) is 0 Å². The highest BCUT2D eigenvalue weighted by Gasteiger charge is 2.35. The molecule has 3 aromatic carbocycles. The van der Waals surface area contributed by atoms with Crippen molar-refractivity contribution in [1.82, 2.24) is 4.57 Å². The molecular weight excluding hydrogens is 467 g/mol. The van der Waals surface area contributed by atoms with E-state index in [0.717, 1.165) is 17.5 Å². The van der Waals surface area contributed by atoms with Crippen LogP contribution in [0.25, 0.3) is 10.9 Å². The minimum atomic E-state index is -4.76. The van der Waals surface area contributed by atoms with E-state index in [1.807, 2.05) is 0 Å². The van der Waals surface area contributed by atoms with Crippen LogP contribution in [0.15, 0.2) is 72.9 Å². The normalized spacial score (nSPS) is 11.4. The van der Waals surface area contributed by atoms with Crippen LogP contribution < -0.4 is 9.47 Å². The summed E-state index contributed by atoms with van der Waals surface area (Å²) < 4.78 is 53.9. The molecule has 0 aliphatic rings. The zero-order valence-corrected chi connectivity index (χ0v) is 18.0. The van der Waals surface area contributed by atoms with Gasteiger partial charge in [0, 0.05) is 12.3 Å². The van der Waals surface area contributed by atoms with Gasteiger partial charge in [-0.1, -0.05) is 12.1 Å². The number of ether oxygens (including phenoxy) is 2. The Morgan fingerprint density at radius 1 is 0.829 bits per heavy atom. The van der Waals surface area contributed by atoms with Crippen molar-refractivity contribution in [3.8, 4) is 23.0 Å². The summed E-state index contributed by atoms with van der Waals surface area (Å²) in [6.45, 7) is -0.273. The van der Waals surface area contributed by atoms with E-state index in [1.54, 1.807) is 30.5 Å². The molecule has 0 saturated carbocycles. The number of rotatable bonds is 8. The number of hydrogen-bond acceptors (Lipinski definition) is 4. The van der Waals surface area contributed by atoms with Gasteiger partial charge in [-0.2, -0.15) is 13.2 Å². The number of carboxylic acid groups (broad SMARTS) is 2. The lowest BCUT2D eigenvalue weighted by molar-refractivity contribution is -0.139. The molecule has 35 heavy (non-hydrogen) atoms. The largest absolute Gasteiger partial charge is 0.481 e. The Hall–Kier alpha value is -4.47. The summed E-state index contributed by atoms with van der Waals surface area (Å²) in [5, 5.41) is 18.7. The zero-order chi connectivity index (χ0) is 25.2. The maximum atomic E-state index is 13.8.